The normalized spacial score (nSPS) is 10.9. The Bertz CT molecular complexity index is 2570. The number of benzene rings is 4. The van der Waals surface area contributed by atoms with E-state index in [0.29, 0.717) is 0 Å². The third kappa shape index (κ3) is 11.4. The zero-order valence-electron chi connectivity index (χ0n) is 34.5. The summed E-state index contributed by atoms with van der Waals surface area (Å²) >= 11 is 0. The van der Waals surface area contributed by atoms with Crippen LogP contribution in [0.25, 0.3) is 66.4 Å². The van der Waals surface area contributed by atoms with E-state index in [4.69, 9.17) is 0 Å². The van der Waals surface area contributed by atoms with Crippen molar-refractivity contribution in [1.29, 1.82) is 0 Å². The van der Waals surface area contributed by atoms with Crippen LogP contribution in [0.15, 0.2) is 170 Å². The first-order chi connectivity index (χ1) is 28.0. The molecule has 10 rings (SSSR count). The van der Waals surface area contributed by atoms with Gasteiger partial charge in [0.25, 0.3) is 0 Å². The predicted octanol–water partition coefficient (Wildman–Crippen LogP) is 12.4. The molecule has 60 heavy (non-hydrogen) atoms. The molecule has 0 aliphatic heterocycles. The van der Waals surface area contributed by atoms with Crippen molar-refractivity contribution in [3.8, 4) is 22.5 Å². The Morgan fingerprint density at radius 1 is 0.400 bits per heavy atom. The summed E-state index contributed by atoms with van der Waals surface area (Å²) < 4.78 is 0. The van der Waals surface area contributed by atoms with Crippen LogP contribution in [0.1, 0.15) is 52.9 Å². The van der Waals surface area contributed by atoms with Crippen LogP contribution in [0.4, 0.5) is 0 Å². The fourth-order valence-electron chi connectivity index (χ4n) is 6.30. The summed E-state index contributed by atoms with van der Waals surface area (Å²) in [5.74, 6) is 0. The summed E-state index contributed by atoms with van der Waals surface area (Å²) in [6.45, 7) is 13.0. The summed E-state index contributed by atoms with van der Waals surface area (Å²) in [4.78, 5) is 26.9. The van der Waals surface area contributed by atoms with Crippen molar-refractivity contribution in [2.45, 2.75) is 52.4 Å². The molecule has 0 radical (unpaired) electrons. The van der Waals surface area contributed by atoms with Crippen LogP contribution in [0, 0.1) is 12.1 Å². The molecule has 304 valence electrons. The predicted molar refractivity (Wildman–Crippen MR) is 240 cm³/mol. The van der Waals surface area contributed by atoms with Crippen molar-refractivity contribution < 1.29 is 42.1 Å². The summed E-state index contributed by atoms with van der Waals surface area (Å²) in [6.07, 6.45) is 3.58. The van der Waals surface area contributed by atoms with E-state index in [1.807, 2.05) is 121 Å². The Morgan fingerprint density at radius 3 is 1.13 bits per heavy atom. The summed E-state index contributed by atoms with van der Waals surface area (Å²) in [5, 5.41) is 4.67. The second-order valence-corrected chi connectivity index (χ2v) is 15.9. The number of pyridine rings is 4. The third-order valence-corrected chi connectivity index (χ3v) is 9.43. The minimum atomic E-state index is 0. The number of hydrogen-bond acceptors (Lipinski definition) is 4. The molecule has 0 saturated heterocycles. The molecule has 0 amide bonds. The number of rotatable bonds is 2. The van der Waals surface area contributed by atoms with Gasteiger partial charge in [-0.3, -0.25) is 0 Å². The average molecular weight is 1150 g/mol. The Hall–Kier alpha value is -5.54. The maximum atomic E-state index is 4.67. The van der Waals surface area contributed by atoms with Gasteiger partial charge < -0.3 is 29.9 Å². The van der Waals surface area contributed by atoms with E-state index in [-0.39, 0.29) is 53.0 Å². The van der Waals surface area contributed by atoms with Crippen molar-refractivity contribution in [2.24, 2.45) is 0 Å². The van der Waals surface area contributed by atoms with Crippen LogP contribution in [-0.4, -0.2) is 19.9 Å². The summed E-state index contributed by atoms with van der Waals surface area (Å²) in [7, 11) is 0. The Morgan fingerprint density at radius 2 is 0.783 bits per heavy atom. The molecule has 6 nitrogen and oxygen atoms in total. The molecular formula is C52H46N6Pt2. The van der Waals surface area contributed by atoms with Crippen LogP contribution >= 0.6 is 0 Å². The molecule has 6 aromatic heterocycles. The van der Waals surface area contributed by atoms with Crippen LogP contribution in [0.3, 0.4) is 0 Å². The van der Waals surface area contributed by atoms with Gasteiger partial charge in [-0.05, 0) is 66.9 Å². The SMILES string of the molecule is CC(C)(C)c1ccc2c(n1)[n-]c1ccccc12.CC(C)(C)c1ccc2c(n1)[n-]c1ccccc12.[Pt+2].[Pt+2].[c-]1ccccc1-c1ccccn1.[c-]1ccccc1-c1ccccn1. The monoisotopic (exact) mass is 1140 g/mol. The van der Waals surface area contributed by atoms with Gasteiger partial charge in [0.2, 0.25) is 0 Å². The molecule has 0 aliphatic carbocycles. The first kappa shape index (κ1) is 45.5. The zero-order valence-corrected chi connectivity index (χ0v) is 39.0. The molecule has 8 heteroatoms. The molecule has 0 atom stereocenters. The third-order valence-electron chi connectivity index (χ3n) is 9.43. The van der Waals surface area contributed by atoms with Gasteiger partial charge in [0, 0.05) is 12.4 Å². The van der Waals surface area contributed by atoms with Crippen molar-refractivity contribution >= 4 is 43.9 Å². The minimum Gasteiger partial charge on any atom is -0.439 e. The molecule has 0 aliphatic rings. The summed E-state index contributed by atoms with van der Waals surface area (Å²) in [5.41, 5.74) is 10.1. The smallest absolute Gasteiger partial charge is 0.439 e. The molecule has 0 saturated carbocycles. The van der Waals surface area contributed by atoms with Crippen LogP contribution in [0.2, 0.25) is 0 Å². The topological polar surface area (TPSA) is 79.8 Å². The van der Waals surface area contributed by atoms with E-state index in [9.17, 15) is 0 Å². The maximum absolute atomic E-state index is 4.67. The van der Waals surface area contributed by atoms with Gasteiger partial charge in [-0.15, -0.1) is 71.8 Å². The second-order valence-electron chi connectivity index (χ2n) is 15.9. The van der Waals surface area contributed by atoms with Gasteiger partial charge in [0.05, 0.1) is 0 Å². The molecule has 6 heterocycles. The molecule has 10 aromatic rings. The molecule has 0 fully saturated rings. The first-order valence-electron chi connectivity index (χ1n) is 19.5. The van der Waals surface area contributed by atoms with Gasteiger partial charge in [0.1, 0.15) is 0 Å². The van der Waals surface area contributed by atoms with E-state index in [1.165, 1.54) is 10.8 Å². The molecular weight excluding hydrogens is 1100 g/mol. The zero-order chi connectivity index (χ0) is 40.5. The number of para-hydroxylation sites is 2. The standard InChI is InChI=1S/2C15H15N2.2C11H8N.2Pt/c2*1-15(2,3)13-9-8-11-10-6-4-5-7-12(10)16-14(11)17-13;2*1-2-6-10(7-3-1)11-8-4-5-9-12-11;;/h2*4-9H,1-3H3;2*1-6,8-9H;;/q4*-1;2*+2. The largest absolute Gasteiger partial charge is 2.00 e. The molecule has 4 aromatic carbocycles. The first-order valence-corrected chi connectivity index (χ1v) is 19.5. The van der Waals surface area contributed by atoms with E-state index in [2.05, 4.69) is 120 Å². The van der Waals surface area contributed by atoms with E-state index < -0.39 is 0 Å². The number of hydrogen-bond donors (Lipinski definition) is 0. The molecule has 0 spiro atoms. The van der Waals surface area contributed by atoms with Gasteiger partial charge in [-0.1, -0.05) is 161 Å². The van der Waals surface area contributed by atoms with Crippen molar-refractivity contribution in [3.05, 3.63) is 194 Å². The van der Waals surface area contributed by atoms with E-state index >= 15 is 0 Å². The van der Waals surface area contributed by atoms with Gasteiger partial charge in [-0.25, -0.2) is 0 Å². The number of aromatic nitrogens is 6. The fourth-order valence-corrected chi connectivity index (χ4v) is 6.30. The number of fused-ring (bicyclic) bond motifs is 6. The Kier molecular flexibility index (Phi) is 15.7. The Labute approximate surface area is 381 Å². The van der Waals surface area contributed by atoms with Gasteiger partial charge in [-0.2, -0.15) is 0 Å². The average Bonchev–Trinajstić information content (AvgIpc) is 3.83. The Balaban J connectivity index is 0.000000152. The van der Waals surface area contributed by atoms with Crippen molar-refractivity contribution in [3.63, 3.8) is 0 Å². The minimum absolute atomic E-state index is 0. The fraction of sp³-hybridized carbons (Fsp3) is 0.154. The molecule has 0 bridgehead atoms. The van der Waals surface area contributed by atoms with E-state index in [1.54, 1.807) is 12.4 Å². The van der Waals surface area contributed by atoms with Crippen LogP contribution in [-0.2, 0) is 53.0 Å². The van der Waals surface area contributed by atoms with Gasteiger partial charge in [0.15, 0.2) is 0 Å². The number of nitrogens with zero attached hydrogens (tertiary/aromatic N) is 6. The van der Waals surface area contributed by atoms with Gasteiger partial charge >= 0.3 is 42.1 Å². The second kappa shape index (κ2) is 20.6. The maximum Gasteiger partial charge on any atom is 2.00 e. The van der Waals surface area contributed by atoms with Crippen LogP contribution < -0.4 is 9.97 Å². The summed E-state index contributed by atoms with van der Waals surface area (Å²) in [6, 6.07) is 58.5. The van der Waals surface area contributed by atoms with Crippen molar-refractivity contribution in [1.82, 2.24) is 29.9 Å². The van der Waals surface area contributed by atoms with E-state index in [0.717, 1.165) is 67.0 Å². The molecule has 0 N–H and O–H groups in total. The molecule has 0 unspecified atom stereocenters. The van der Waals surface area contributed by atoms with Crippen LogP contribution in [0.5, 0.6) is 0 Å². The van der Waals surface area contributed by atoms with Crippen molar-refractivity contribution in [2.75, 3.05) is 0 Å². The quantitative estimate of drug-likeness (QED) is 0.161.